The van der Waals surface area contributed by atoms with Crippen molar-refractivity contribution in [2.75, 3.05) is 13.2 Å². The van der Waals surface area contributed by atoms with Gasteiger partial charge in [0, 0.05) is 11.8 Å². The van der Waals surface area contributed by atoms with Crippen LogP contribution in [0.4, 0.5) is 4.79 Å². The molecule has 0 radical (unpaired) electrons. The second-order valence-corrected chi connectivity index (χ2v) is 8.49. The first kappa shape index (κ1) is 26.4. The Morgan fingerprint density at radius 3 is 2.59 bits per heavy atom. The molecule has 2 aromatic carbocycles. The van der Waals surface area contributed by atoms with Crippen molar-refractivity contribution in [1.29, 1.82) is 0 Å². The number of ketones is 1. The van der Waals surface area contributed by atoms with Crippen LogP contribution in [-0.2, 0) is 20.6 Å². The number of ether oxygens (including phenoxy) is 4. The third-order valence-corrected chi connectivity index (χ3v) is 5.98. The van der Waals surface area contributed by atoms with E-state index >= 15 is 0 Å². The van der Waals surface area contributed by atoms with Gasteiger partial charge in [-0.2, -0.15) is 0 Å². The summed E-state index contributed by atoms with van der Waals surface area (Å²) in [6, 6.07) is 11.6. The fraction of sp³-hybridized carbons (Fsp3) is 0.385. The molecule has 4 N–H and O–H groups in total. The van der Waals surface area contributed by atoms with Crippen molar-refractivity contribution < 1.29 is 53.4 Å². The summed E-state index contributed by atoms with van der Waals surface area (Å²) in [5, 5.41) is 42.3. The van der Waals surface area contributed by atoms with Crippen molar-refractivity contribution in [1.82, 2.24) is 0 Å². The first-order chi connectivity index (χ1) is 17.8. The summed E-state index contributed by atoms with van der Waals surface area (Å²) in [5.41, 5.74) is 1.51. The molecule has 2 heterocycles. The van der Waals surface area contributed by atoms with E-state index in [0.717, 1.165) is 16.5 Å². The molecule has 1 aliphatic heterocycles. The predicted molar refractivity (Wildman–Crippen MR) is 127 cm³/mol. The fourth-order valence-electron chi connectivity index (χ4n) is 4.04. The van der Waals surface area contributed by atoms with E-state index in [1.165, 1.54) is 18.2 Å². The minimum absolute atomic E-state index is 0.0444. The fourth-order valence-corrected chi connectivity index (χ4v) is 4.04. The Labute approximate surface area is 211 Å². The quantitative estimate of drug-likeness (QED) is 0.244. The maximum atomic E-state index is 13.1. The van der Waals surface area contributed by atoms with Crippen molar-refractivity contribution >= 4 is 22.9 Å². The highest BCUT2D eigenvalue weighted by Crippen LogP contribution is 2.33. The van der Waals surface area contributed by atoms with Gasteiger partial charge in [0.15, 0.2) is 5.78 Å². The SMILES string of the molecule is CCOC(=O)OC[C@H]1O[C@@H](Oc2cccc(O)c2C(=O)CCc2ccc3occc3c2)[C@H](O)[C@@H](O)[C@@H]1O. The largest absolute Gasteiger partial charge is 0.508 e. The molecule has 3 aromatic rings. The average molecular weight is 516 g/mol. The zero-order chi connectivity index (χ0) is 26.5. The molecule has 5 atom stereocenters. The second-order valence-electron chi connectivity index (χ2n) is 8.49. The van der Waals surface area contributed by atoms with Crippen LogP contribution in [0.1, 0.15) is 29.3 Å². The lowest BCUT2D eigenvalue weighted by Gasteiger charge is -2.40. The van der Waals surface area contributed by atoms with Crippen molar-refractivity contribution in [3.05, 3.63) is 59.9 Å². The van der Waals surface area contributed by atoms with E-state index in [2.05, 4.69) is 4.74 Å². The summed E-state index contributed by atoms with van der Waals surface area (Å²) in [7, 11) is 0. The van der Waals surface area contributed by atoms with E-state index in [1.54, 1.807) is 13.2 Å². The first-order valence-electron chi connectivity index (χ1n) is 11.8. The lowest BCUT2D eigenvalue weighted by Crippen LogP contribution is -2.60. The summed E-state index contributed by atoms with van der Waals surface area (Å²) in [5.74, 6) is -0.845. The van der Waals surface area contributed by atoms with Crippen LogP contribution >= 0.6 is 0 Å². The van der Waals surface area contributed by atoms with Crippen LogP contribution in [0.3, 0.4) is 0 Å². The van der Waals surface area contributed by atoms with E-state index < -0.39 is 49.3 Å². The number of carbonyl (C=O) groups excluding carboxylic acids is 2. The van der Waals surface area contributed by atoms with Gasteiger partial charge in [-0.3, -0.25) is 4.79 Å². The Morgan fingerprint density at radius 1 is 1.00 bits per heavy atom. The molecule has 1 aromatic heterocycles. The van der Waals surface area contributed by atoms with E-state index in [4.69, 9.17) is 18.6 Å². The van der Waals surface area contributed by atoms with Crippen molar-refractivity contribution in [3.63, 3.8) is 0 Å². The molecule has 0 spiro atoms. The van der Waals surface area contributed by atoms with E-state index in [9.17, 15) is 30.0 Å². The van der Waals surface area contributed by atoms with E-state index in [1.807, 2.05) is 24.3 Å². The maximum absolute atomic E-state index is 13.1. The summed E-state index contributed by atoms with van der Waals surface area (Å²) in [4.78, 5) is 24.6. The van der Waals surface area contributed by atoms with Gasteiger partial charge in [0.2, 0.25) is 6.29 Å². The van der Waals surface area contributed by atoms with Gasteiger partial charge in [0.05, 0.1) is 12.9 Å². The third kappa shape index (κ3) is 6.03. The lowest BCUT2D eigenvalue weighted by atomic mass is 9.98. The number of benzene rings is 2. The summed E-state index contributed by atoms with van der Waals surface area (Å²) < 4.78 is 26.1. The summed E-state index contributed by atoms with van der Waals surface area (Å²) in [6.45, 7) is 1.17. The van der Waals surface area contributed by atoms with Gasteiger partial charge in [0.1, 0.15) is 53.7 Å². The monoisotopic (exact) mass is 516 g/mol. The number of furan rings is 1. The number of fused-ring (bicyclic) bond motifs is 1. The Kier molecular flexibility index (Phi) is 8.29. The molecule has 11 nitrogen and oxygen atoms in total. The highest BCUT2D eigenvalue weighted by Gasteiger charge is 2.46. The minimum Gasteiger partial charge on any atom is -0.507 e. The van der Waals surface area contributed by atoms with Crippen LogP contribution < -0.4 is 4.74 Å². The Balaban J connectivity index is 1.47. The zero-order valence-electron chi connectivity index (χ0n) is 20.0. The molecule has 0 unspecified atom stereocenters. The number of phenolic OH excluding ortho intramolecular Hbond substituents is 1. The number of hydrogen-bond donors (Lipinski definition) is 4. The summed E-state index contributed by atoms with van der Waals surface area (Å²) in [6.07, 6.45) is -6.81. The molecule has 0 amide bonds. The van der Waals surface area contributed by atoms with Crippen LogP contribution in [0.5, 0.6) is 11.5 Å². The number of aliphatic hydroxyl groups is 3. The molecule has 37 heavy (non-hydrogen) atoms. The Morgan fingerprint density at radius 2 is 1.81 bits per heavy atom. The molecule has 1 aliphatic rings. The highest BCUT2D eigenvalue weighted by molar-refractivity contribution is 6.01. The molecule has 0 bridgehead atoms. The second kappa shape index (κ2) is 11.6. The van der Waals surface area contributed by atoms with E-state index in [0.29, 0.717) is 6.42 Å². The molecular formula is C26H28O11. The van der Waals surface area contributed by atoms with E-state index in [-0.39, 0.29) is 30.1 Å². The summed E-state index contributed by atoms with van der Waals surface area (Å²) >= 11 is 0. The normalized spacial score (nSPS) is 23.5. The van der Waals surface area contributed by atoms with Gasteiger partial charge in [-0.05, 0) is 49.2 Å². The van der Waals surface area contributed by atoms with Gasteiger partial charge >= 0.3 is 6.16 Å². The standard InChI is InChI=1S/C26H28O11/c1-2-33-26(32)35-13-20-22(29)23(30)24(31)25(37-20)36-19-5-3-4-16(27)21(19)17(28)8-6-14-7-9-18-15(12-14)10-11-34-18/h3-5,7,9-12,20,22-25,27,29-31H,2,6,8,13H2,1H3/t20-,22-,23+,24-,25-/m1/s1. The number of aryl methyl sites for hydroxylation is 1. The zero-order valence-corrected chi connectivity index (χ0v) is 20.0. The molecule has 1 fully saturated rings. The molecular weight excluding hydrogens is 488 g/mol. The van der Waals surface area contributed by atoms with Crippen LogP contribution in [0.15, 0.2) is 53.1 Å². The smallest absolute Gasteiger partial charge is 0.507 e. The molecule has 1 saturated heterocycles. The van der Waals surface area contributed by atoms with Crippen LogP contribution in [-0.4, -0.2) is 76.3 Å². The minimum atomic E-state index is -1.71. The Hall–Kier alpha value is -3.64. The third-order valence-electron chi connectivity index (χ3n) is 5.98. The topological polar surface area (TPSA) is 165 Å². The van der Waals surface area contributed by atoms with Crippen LogP contribution in [0.2, 0.25) is 0 Å². The number of carbonyl (C=O) groups is 2. The van der Waals surface area contributed by atoms with Crippen molar-refractivity contribution in [2.45, 2.75) is 50.5 Å². The number of hydrogen-bond acceptors (Lipinski definition) is 11. The van der Waals surface area contributed by atoms with Gasteiger partial charge in [-0.25, -0.2) is 4.79 Å². The van der Waals surface area contributed by atoms with Crippen molar-refractivity contribution in [3.8, 4) is 11.5 Å². The number of aromatic hydroxyl groups is 1. The number of Topliss-reactive ketones (excluding diaryl/α,β-unsaturated/α-hetero) is 1. The first-order valence-corrected chi connectivity index (χ1v) is 11.8. The van der Waals surface area contributed by atoms with Gasteiger partial charge < -0.3 is 43.8 Å². The molecule has 0 saturated carbocycles. The molecule has 4 rings (SSSR count). The van der Waals surface area contributed by atoms with Crippen LogP contribution in [0, 0.1) is 0 Å². The van der Waals surface area contributed by atoms with Gasteiger partial charge in [-0.15, -0.1) is 0 Å². The Bertz CT molecular complexity index is 1240. The van der Waals surface area contributed by atoms with Gasteiger partial charge in [-0.1, -0.05) is 12.1 Å². The molecule has 198 valence electrons. The number of rotatable bonds is 9. The average Bonchev–Trinajstić information content (AvgIpc) is 3.35. The number of phenols is 1. The number of aliphatic hydroxyl groups excluding tert-OH is 3. The highest BCUT2D eigenvalue weighted by atomic mass is 16.7. The van der Waals surface area contributed by atoms with Crippen LogP contribution in [0.25, 0.3) is 11.0 Å². The predicted octanol–water partition coefficient (Wildman–Crippen LogP) is 2.31. The molecule has 11 heteroatoms. The molecule has 0 aliphatic carbocycles. The maximum Gasteiger partial charge on any atom is 0.508 e. The lowest BCUT2D eigenvalue weighted by molar-refractivity contribution is -0.277. The van der Waals surface area contributed by atoms with Gasteiger partial charge in [0.25, 0.3) is 0 Å². The van der Waals surface area contributed by atoms with Crippen molar-refractivity contribution in [2.24, 2.45) is 0 Å².